The average molecular weight is 455 g/mol. The Balaban J connectivity index is 1.91. The van der Waals surface area contributed by atoms with E-state index >= 15 is 0 Å². The third kappa shape index (κ3) is 6.37. The average Bonchev–Trinajstić information content (AvgIpc) is 2.60. The number of amides is 1. The highest BCUT2D eigenvalue weighted by Gasteiger charge is 2.34. The number of benzene rings is 2. The second-order valence-corrected chi connectivity index (χ2v) is 8.30. The molecule has 0 bridgehead atoms. The van der Waals surface area contributed by atoms with Gasteiger partial charge in [0.05, 0.1) is 15.5 Å². The SMILES string of the molecule is O=C(CCNS(=O)(=O)c1ccc(Cl)c(C(F)(F)F)c1)NCc1ccc(Cl)cc1. The van der Waals surface area contributed by atoms with Gasteiger partial charge in [0, 0.05) is 24.5 Å². The standard InChI is InChI=1S/C17H15Cl2F3N2O3S/c18-12-3-1-11(2-4-12)10-23-16(25)7-8-24-28(26,27)13-5-6-15(19)14(9-13)17(20,21)22/h1-6,9,24H,7-8,10H2,(H,23,25). The lowest BCUT2D eigenvalue weighted by Gasteiger charge is -2.12. The number of carbonyl (C=O) groups is 1. The zero-order chi connectivity index (χ0) is 20.9. The Morgan fingerprint density at radius 2 is 1.68 bits per heavy atom. The quantitative estimate of drug-likeness (QED) is 0.663. The van der Waals surface area contributed by atoms with Gasteiger partial charge in [0.1, 0.15) is 0 Å². The van der Waals surface area contributed by atoms with E-state index in [4.69, 9.17) is 23.2 Å². The summed E-state index contributed by atoms with van der Waals surface area (Å²) in [7, 11) is -4.23. The number of carbonyl (C=O) groups excluding carboxylic acids is 1. The summed E-state index contributed by atoms with van der Waals surface area (Å²) in [6, 6.07) is 9.05. The van der Waals surface area contributed by atoms with Gasteiger partial charge >= 0.3 is 6.18 Å². The molecule has 0 aliphatic carbocycles. The number of halogens is 5. The van der Waals surface area contributed by atoms with E-state index in [-0.39, 0.29) is 19.5 Å². The summed E-state index contributed by atoms with van der Waals surface area (Å²) >= 11 is 11.2. The van der Waals surface area contributed by atoms with Crippen LogP contribution in [0.5, 0.6) is 0 Å². The van der Waals surface area contributed by atoms with Crippen LogP contribution in [0, 0.1) is 0 Å². The predicted molar refractivity (Wildman–Crippen MR) is 99.6 cm³/mol. The number of rotatable bonds is 7. The van der Waals surface area contributed by atoms with E-state index in [1.807, 2.05) is 0 Å². The number of hydrogen-bond acceptors (Lipinski definition) is 3. The van der Waals surface area contributed by atoms with Crippen molar-refractivity contribution >= 4 is 39.1 Å². The molecule has 2 rings (SSSR count). The summed E-state index contributed by atoms with van der Waals surface area (Å²) in [6.07, 6.45) is -4.98. The van der Waals surface area contributed by atoms with E-state index in [2.05, 4.69) is 10.0 Å². The fraction of sp³-hybridized carbons (Fsp3) is 0.235. The van der Waals surface area contributed by atoms with Gasteiger partial charge in [-0.3, -0.25) is 4.79 Å². The van der Waals surface area contributed by atoms with Crippen LogP contribution in [0.2, 0.25) is 10.0 Å². The van der Waals surface area contributed by atoms with Crippen molar-refractivity contribution in [1.29, 1.82) is 0 Å². The van der Waals surface area contributed by atoms with E-state index in [1.54, 1.807) is 24.3 Å². The minimum absolute atomic E-state index is 0.188. The maximum Gasteiger partial charge on any atom is 0.417 e. The van der Waals surface area contributed by atoms with Gasteiger partial charge in [0.15, 0.2) is 0 Å². The van der Waals surface area contributed by atoms with Gasteiger partial charge in [-0.05, 0) is 35.9 Å². The third-order valence-electron chi connectivity index (χ3n) is 3.60. The molecule has 2 aromatic carbocycles. The van der Waals surface area contributed by atoms with Gasteiger partial charge in [-0.1, -0.05) is 35.3 Å². The Hall–Kier alpha value is -1.81. The first-order valence-electron chi connectivity index (χ1n) is 7.86. The topological polar surface area (TPSA) is 75.3 Å². The molecule has 0 aromatic heterocycles. The monoisotopic (exact) mass is 454 g/mol. The van der Waals surface area contributed by atoms with Crippen LogP contribution in [0.4, 0.5) is 13.2 Å². The number of hydrogen-bond donors (Lipinski definition) is 2. The predicted octanol–water partition coefficient (Wildman–Crippen LogP) is 4.00. The van der Waals surface area contributed by atoms with Crippen LogP contribution >= 0.6 is 23.2 Å². The van der Waals surface area contributed by atoms with Crippen LogP contribution in [0.15, 0.2) is 47.4 Å². The van der Waals surface area contributed by atoms with Crippen LogP contribution in [-0.2, 0) is 27.5 Å². The van der Waals surface area contributed by atoms with Crippen molar-refractivity contribution in [3.63, 3.8) is 0 Å². The molecule has 0 heterocycles. The third-order valence-corrected chi connectivity index (χ3v) is 5.64. The highest BCUT2D eigenvalue weighted by atomic mass is 35.5. The summed E-state index contributed by atoms with van der Waals surface area (Å²) < 4.78 is 65.0. The molecule has 0 aliphatic heterocycles. The summed E-state index contributed by atoms with van der Waals surface area (Å²) in [5.74, 6) is -0.426. The van der Waals surface area contributed by atoms with Crippen LogP contribution in [-0.4, -0.2) is 20.9 Å². The Morgan fingerprint density at radius 1 is 1.04 bits per heavy atom. The van der Waals surface area contributed by atoms with Crippen LogP contribution < -0.4 is 10.0 Å². The molecular weight excluding hydrogens is 440 g/mol. The Bertz CT molecular complexity index is 949. The molecule has 2 N–H and O–H groups in total. The molecule has 28 heavy (non-hydrogen) atoms. The first-order chi connectivity index (χ1) is 13.0. The van der Waals surface area contributed by atoms with Crippen molar-refractivity contribution in [2.24, 2.45) is 0 Å². The van der Waals surface area contributed by atoms with E-state index in [9.17, 15) is 26.4 Å². The minimum Gasteiger partial charge on any atom is -0.352 e. The zero-order valence-electron chi connectivity index (χ0n) is 14.2. The van der Waals surface area contributed by atoms with E-state index in [0.29, 0.717) is 11.1 Å². The highest BCUT2D eigenvalue weighted by Crippen LogP contribution is 2.35. The van der Waals surface area contributed by atoms with Gasteiger partial charge in [-0.2, -0.15) is 13.2 Å². The van der Waals surface area contributed by atoms with Crippen LogP contribution in [0.25, 0.3) is 0 Å². The normalized spacial score (nSPS) is 12.0. The van der Waals surface area contributed by atoms with Gasteiger partial charge in [0.2, 0.25) is 15.9 Å². The molecule has 0 aliphatic rings. The summed E-state index contributed by atoms with van der Waals surface area (Å²) in [5, 5.41) is 2.55. The van der Waals surface area contributed by atoms with Crippen molar-refractivity contribution in [2.75, 3.05) is 6.54 Å². The molecule has 0 atom stereocenters. The lowest BCUT2D eigenvalue weighted by molar-refractivity contribution is -0.137. The first kappa shape index (κ1) is 22.5. The summed E-state index contributed by atoms with van der Waals surface area (Å²) in [5.41, 5.74) is -0.447. The lowest BCUT2D eigenvalue weighted by Crippen LogP contribution is -2.30. The number of sulfonamides is 1. The molecule has 0 saturated heterocycles. The lowest BCUT2D eigenvalue weighted by atomic mass is 10.2. The highest BCUT2D eigenvalue weighted by molar-refractivity contribution is 7.89. The molecule has 0 spiro atoms. The molecular formula is C17H15Cl2F3N2O3S. The van der Waals surface area contributed by atoms with Crippen molar-refractivity contribution in [2.45, 2.75) is 24.0 Å². The van der Waals surface area contributed by atoms with Crippen molar-refractivity contribution in [3.05, 3.63) is 63.6 Å². The van der Waals surface area contributed by atoms with Gasteiger partial charge in [-0.25, -0.2) is 13.1 Å². The largest absolute Gasteiger partial charge is 0.417 e. The van der Waals surface area contributed by atoms with Crippen molar-refractivity contribution < 1.29 is 26.4 Å². The van der Waals surface area contributed by atoms with Crippen LogP contribution in [0.3, 0.4) is 0 Å². The molecule has 2 aromatic rings. The number of alkyl halides is 3. The van der Waals surface area contributed by atoms with Gasteiger partial charge in [-0.15, -0.1) is 0 Å². The molecule has 1 amide bonds. The Kier molecular flexibility index (Phi) is 7.33. The van der Waals surface area contributed by atoms with E-state index in [1.165, 1.54) is 0 Å². The molecule has 0 unspecified atom stereocenters. The molecule has 5 nitrogen and oxygen atoms in total. The molecule has 11 heteroatoms. The minimum atomic E-state index is -4.79. The van der Waals surface area contributed by atoms with Gasteiger partial charge in [0.25, 0.3) is 0 Å². The maximum atomic E-state index is 12.9. The second-order valence-electron chi connectivity index (χ2n) is 5.69. The summed E-state index contributed by atoms with van der Waals surface area (Å²) in [4.78, 5) is 11.2. The van der Waals surface area contributed by atoms with E-state index < -0.39 is 37.6 Å². The molecule has 0 saturated carbocycles. The fourth-order valence-corrected chi connectivity index (χ4v) is 3.57. The Labute approximate surface area is 169 Å². The Morgan fingerprint density at radius 3 is 2.29 bits per heavy atom. The molecule has 152 valence electrons. The first-order valence-corrected chi connectivity index (χ1v) is 10.1. The maximum absolute atomic E-state index is 12.9. The molecule has 0 radical (unpaired) electrons. The smallest absolute Gasteiger partial charge is 0.352 e. The van der Waals surface area contributed by atoms with Crippen molar-refractivity contribution in [1.82, 2.24) is 10.0 Å². The fourth-order valence-electron chi connectivity index (χ4n) is 2.16. The van der Waals surface area contributed by atoms with Crippen LogP contribution in [0.1, 0.15) is 17.5 Å². The van der Waals surface area contributed by atoms with Crippen molar-refractivity contribution in [3.8, 4) is 0 Å². The number of nitrogens with one attached hydrogen (secondary N) is 2. The second kappa shape index (κ2) is 9.13. The zero-order valence-corrected chi connectivity index (χ0v) is 16.5. The molecule has 0 fully saturated rings. The summed E-state index contributed by atoms with van der Waals surface area (Å²) in [6.45, 7) is -0.0480. The van der Waals surface area contributed by atoms with E-state index in [0.717, 1.165) is 17.7 Å². The van der Waals surface area contributed by atoms with Gasteiger partial charge < -0.3 is 5.32 Å².